The zero-order chi connectivity index (χ0) is 26.5. The van der Waals surface area contributed by atoms with E-state index in [9.17, 15) is 31.9 Å². The molecule has 1 aromatic carbocycles. The Kier molecular flexibility index (Phi) is 7.77. The molecule has 0 fully saturated rings. The Hall–Kier alpha value is -4.20. The zero-order valence-electron chi connectivity index (χ0n) is 18.6. The summed E-state index contributed by atoms with van der Waals surface area (Å²) < 4.78 is 72.4. The summed E-state index contributed by atoms with van der Waals surface area (Å²) in [5, 5.41) is 15.5. The van der Waals surface area contributed by atoms with Crippen LogP contribution in [0.2, 0.25) is 0 Å². The Morgan fingerprint density at radius 2 is 1.94 bits per heavy atom. The number of hydrogen-bond acceptors (Lipinski definition) is 9. The second-order valence-corrected chi connectivity index (χ2v) is 7.44. The highest BCUT2D eigenvalue weighted by Gasteiger charge is 2.57. The predicted octanol–water partition coefficient (Wildman–Crippen LogP) is 3.03. The lowest BCUT2D eigenvalue weighted by Gasteiger charge is -2.28. The highest BCUT2D eigenvalue weighted by molar-refractivity contribution is 6.10. The summed E-state index contributed by atoms with van der Waals surface area (Å²) in [6.45, 7) is -0.961. The van der Waals surface area contributed by atoms with E-state index in [2.05, 4.69) is 20.1 Å². The molecule has 190 valence electrons. The fourth-order valence-electron chi connectivity index (χ4n) is 2.82. The van der Waals surface area contributed by atoms with E-state index in [1.54, 1.807) is 6.07 Å². The molecular weight excluding hydrogens is 491 g/mol. The molecule has 36 heavy (non-hydrogen) atoms. The third kappa shape index (κ3) is 5.89. The number of nitrogens with two attached hydrogens (primary N) is 1. The normalized spacial score (nSPS) is 14.4. The minimum atomic E-state index is -5.32. The zero-order valence-corrected chi connectivity index (χ0v) is 18.6. The summed E-state index contributed by atoms with van der Waals surface area (Å²) in [5.41, 5.74) is 2.64. The standard InChI is InChI=1S/C22H19F5N6O3/c1-12(34)21(35,22(25,26)27)11-31-19-15(24)10-30-20(32-19)16(28)8-18(17-6-7-36-33-17)29-9-13-4-2-3-5-14(13)23/h2-8,10,35H,9,11,28H2,1H3,(H,30,31,32)/t21-/m1/s1. The van der Waals surface area contributed by atoms with Crippen molar-refractivity contribution in [3.8, 4) is 0 Å². The first-order chi connectivity index (χ1) is 16.9. The molecule has 9 nitrogen and oxygen atoms in total. The van der Waals surface area contributed by atoms with Crippen molar-refractivity contribution in [2.24, 2.45) is 10.7 Å². The number of aliphatic imine (C=N–C) groups is 1. The summed E-state index contributed by atoms with van der Waals surface area (Å²) >= 11 is 0. The van der Waals surface area contributed by atoms with Crippen LogP contribution in [0.25, 0.3) is 5.70 Å². The fraction of sp³-hybridized carbons (Fsp3) is 0.227. The number of alkyl halides is 3. The van der Waals surface area contributed by atoms with Crippen LogP contribution in [-0.4, -0.2) is 50.0 Å². The van der Waals surface area contributed by atoms with Gasteiger partial charge in [0.2, 0.25) is 5.60 Å². The van der Waals surface area contributed by atoms with E-state index >= 15 is 0 Å². The molecule has 4 N–H and O–H groups in total. The van der Waals surface area contributed by atoms with E-state index in [4.69, 9.17) is 10.3 Å². The number of Topliss-reactive ketones (excluding diaryl/α,β-unsaturated/α-hetero) is 1. The van der Waals surface area contributed by atoms with Crippen LogP contribution >= 0.6 is 0 Å². The molecule has 0 unspecified atom stereocenters. The minimum absolute atomic E-state index is 0.100. The summed E-state index contributed by atoms with van der Waals surface area (Å²) in [6, 6.07) is 7.37. The number of halogens is 5. The van der Waals surface area contributed by atoms with Gasteiger partial charge in [0, 0.05) is 11.6 Å². The van der Waals surface area contributed by atoms with Crippen LogP contribution in [0.3, 0.4) is 0 Å². The molecule has 2 heterocycles. The first-order valence-electron chi connectivity index (χ1n) is 10.1. The Balaban J connectivity index is 1.90. The van der Waals surface area contributed by atoms with Crippen LogP contribution in [0.1, 0.15) is 24.0 Å². The molecule has 0 amide bonds. The van der Waals surface area contributed by atoms with E-state index in [0.717, 1.165) is 0 Å². The number of ketones is 1. The number of nitrogens with zero attached hydrogens (tertiary/aromatic N) is 4. The number of carbonyl (C=O) groups is 1. The molecule has 0 bridgehead atoms. The van der Waals surface area contributed by atoms with Crippen LogP contribution in [0.4, 0.5) is 27.8 Å². The molecular formula is C22H19F5N6O3. The predicted molar refractivity (Wildman–Crippen MR) is 117 cm³/mol. The average Bonchev–Trinajstić information content (AvgIpc) is 3.35. The lowest BCUT2D eigenvalue weighted by molar-refractivity contribution is -0.244. The molecule has 0 aliphatic rings. The van der Waals surface area contributed by atoms with Gasteiger partial charge in [-0.1, -0.05) is 23.4 Å². The number of hydrogen-bond donors (Lipinski definition) is 3. The average molecular weight is 510 g/mol. The minimum Gasteiger partial charge on any atom is -0.396 e. The number of allylic oxidation sites excluding steroid dienone is 1. The van der Waals surface area contributed by atoms with Gasteiger partial charge in [0.1, 0.15) is 17.8 Å². The third-order valence-electron chi connectivity index (χ3n) is 4.94. The Bertz CT molecular complexity index is 1290. The number of benzene rings is 1. The molecule has 0 spiro atoms. The first kappa shape index (κ1) is 26.4. The molecule has 2 aromatic heterocycles. The Labute approximate surface area is 200 Å². The molecule has 0 aliphatic heterocycles. The van der Waals surface area contributed by atoms with Gasteiger partial charge in [0.05, 0.1) is 30.7 Å². The van der Waals surface area contributed by atoms with Gasteiger partial charge in [-0.05, 0) is 19.1 Å². The lowest BCUT2D eigenvalue weighted by Crippen LogP contribution is -2.56. The molecule has 3 aromatic rings. The van der Waals surface area contributed by atoms with Gasteiger partial charge in [-0.3, -0.25) is 9.79 Å². The van der Waals surface area contributed by atoms with Crippen molar-refractivity contribution in [1.29, 1.82) is 0 Å². The molecule has 0 saturated heterocycles. The van der Waals surface area contributed by atoms with Crippen LogP contribution < -0.4 is 11.1 Å². The number of rotatable bonds is 9. The van der Waals surface area contributed by atoms with Crippen molar-refractivity contribution in [2.75, 3.05) is 11.9 Å². The quantitative estimate of drug-likeness (QED) is 0.295. The summed E-state index contributed by atoms with van der Waals surface area (Å²) in [6.07, 6.45) is -2.20. The van der Waals surface area contributed by atoms with Crippen LogP contribution in [0.5, 0.6) is 0 Å². The number of nitrogens with one attached hydrogen (secondary N) is 1. The summed E-state index contributed by atoms with van der Waals surface area (Å²) in [5.74, 6) is -4.31. The van der Waals surface area contributed by atoms with Crippen molar-refractivity contribution in [3.63, 3.8) is 0 Å². The summed E-state index contributed by atoms with van der Waals surface area (Å²) in [4.78, 5) is 23.1. The van der Waals surface area contributed by atoms with Crippen LogP contribution in [0.15, 0.2) is 58.4 Å². The number of aliphatic hydroxyl groups is 1. The summed E-state index contributed by atoms with van der Waals surface area (Å²) in [7, 11) is 0. The van der Waals surface area contributed by atoms with E-state index in [0.29, 0.717) is 13.1 Å². The molecule has 3 rings (SSSR count). The number of anilines is 1. The maximum atomic E-state index is 14.2. The Morgan fingerprint density at radius 1 is 1.22 bits per heavy atom. The lowest BCUT2D eigenvalue weighted by atomic mass is 9.99. The second-order valence-electron chi connectivity index (χ2n) is 7.44. The largest absolute Gasteiger partial charge is 0.426 e. The molecule has 0 aliphatic carbocycles. The van der Waals surface area contributed by atoms with E-state index in [1.165, 1.54) is 36.6 Å². The van der Waals surface area contributed by atoms with E-state index < -0.39 is 41.6 Å². The highest BCUT2D eigenvalue weighted by Crippen LogP contribution is 2.31. The third-order valence-corrected chi connectivity index (χ3v) is 4.94. The smallest absolute Gasteiger partial charge is 0.396 e. The maximum Gasteiger partial charge on any atom is 0.426 e. The van der Waals surface area contributed by atoms with Gasteiger partial charge in [-0.15, -0.1) is 0 Å². The molecule has 0 radical (unpaired) electrons. The van der Waals surface area contributed by atoms with E-state index in [-0.39, 0.29) is 35.0 Å². The Morgan fingerprint density at radius 3 is 2.56 bits per heavy atom. The fourth-order valence-corrected chi connectivity index (χ4v) is 2.82. The number of aromatic nitrogens is 3. The van der Waals surface area contributed by atoms with Crippen molar-refractivity contribution < 1.29 is 36.4 Å². The highest BCUT2D eigenvalue weighted by atomic mass is 19.4. The number of carbonyl (C=O) groups excluding carboxylic acids is 1. The topological polar surface area (TPSA) is 140 Å². The van der Waals surface area contributed by atoms with Crippen molar-refractivity contribution >= 4 is 23.0 Å². The van der Waals surface area contributed by atoms with Crippen molar-refractivity contribution in [3.05, 3.63) is 77.6 Å². The van der Waals surface area contributed by atoms with Crippen LogP contribution in [0, 0.1) is 11.6 Å². The van der Waals surface area contributed by atoms with Crippen molar-refractivity contribution in [2.45, 2.75) is 25.2 Å². The van der Waals surface area contributed by atoms with Gasteiger partial charge in [0.15, 0.2) is 23.2 Å². The van der Waals surface area contributed by atoms with Gasteiger partial charge < -0.3 is 20.7 Å². The molecule has 14 heteroatoms. The SMILES string of the molecule is CC(=O)[C@](O)(CNc1nc(C(N)=CC(=NCc2ccccc2F)c2ccon2)ncc1F)C(F)(F)F. The molecule has 1 atom stereocenters. The van der Waals surface area contributed by atoms with Crippen LogP contribution in [-0.2, 0) is 11.3 Å². The molecule has 0 saturated carbocycles. The maximum absolute atomic E-state index is 14.2. The van der Waals surface area contributed by atoms with E-state index in [1.807, 2.05) is 5.32 Å². The van der Waals surface area contributed by atoms with Gasteiger partial charge >= 0.3 is 6.18 Å². The monoisotopic (exact) mass is 510 g/mol. The van der Waals surface area contributed by atoms with Gasteiger partial charge in [-0.2, -0.15) is 13.2 Å². The second kappa shape index (κ2) is 10.6. The van der Waals surface area contributed by atoms with Gasteiger partial charge in [0.25, 0.3) is 0 Å². The van der Waals surface area contributed by atoms with Crippen molar-refractivity contribution in [1.82, 2.24) is 15.1 Å². The first-order valence-corrected chi connectivity index (χ1v) is 10.1. The van der Waals surface area contributed by atoms with Gasteiger partial charge in [-0.25, -0.2) is 18.7 Å².